The van der Waals surface area contributed by atoms with Crippen LogP contribution in [0.2, 0.25) is 0 Å². The second-order valence-electron chi connectivity index (χ2n) is 6.42. The van der Waals surface area contributed by atoms with Gasteiger partial charge in [0, 0.05) is 25.1 Å². The molecule has 0 aliphatic carbocycles. The maximum absolute atomic E-state index is 12.7. The highest BCUT2D eigenvalue weighted by Gasteiger charge is 2.31. The van der Waals surface area contributed by atoms with Crippen LogP contribution in [0.25, 0.3) is 10.2 Å². The summed E-state index contributed by atoms with van der Waals surface area (Å²) in [5, 5.41) is 3.42. The number of ether oxygens (including phenoxy) is 2. The van der Waals surface area contributed by atoms with Gasteiger partial charge < -0.3 is 19.7 Å². The molecule has 0 saturated carbocycles. The van der Waals surface area contributed by atoms with E-state index in [0.717, 1.165) is 23.1 Å². The van der Waals surface area contributed by atoms with Crippen LogP contribution in [0.15, 0.2) is 12.1 Å². The highest BCUT2D eigenvalue weighted by molar-refractivity contribution is 7.22. The Hall–Kier alpha value is -2.35. The first-order chi connectivity index (χ1) is 12.7. The standard InChI is InChI=1S/C18H21N3O4S/c1-2-16(22)21-6-4-3-5-12(21)17(23)20-18-19-11-9-13-14(10-15(11)26-18)25-8-7-24-13/h9-10,12H,2-8H2,1H3,(H,19,20,23). The minimum atomic E-state index is -0.414. The van der Waals surface area contributed by atoms with E-state index in [0.29, 0.717) is 49.2 Å². The average molecular weight is 375 g/mol. The Labute approximate surface area is 155 Å². The van der Waals surface area contributed by atoms with Gasteiger partial charge in [-0.1, -0.05) is 18.3 Å². The van der Waals surface area contributed by atoms with Crippen LogP contribution in [0.3, 0.4) is 0 Å². The van der Waals surface area contributed by atoms with Crippen LogP contribution in [0.4, 0.5) is 5.13 Å². The number of benzene rings is 1. The van der Waals surface area contributed by atoms with Crippen LogP contribution in [0.1, 0.15) is 32.6 Å². The number of carbonyl (C=O) groups excluding carboxylic acids is 2. The zero-order chi connectivity index (χ0) is 18.1. The van der Waals surface area contributed by atoms with Crippen molar-refractivity contribution in [2.24, 2.45) is 0 Å². The lowest BCUT2D eigenvalue weighted by molar-refractivity contribution is -0.140. The molecule has 4 rings (SSSR count). The van der Waals surface area contributed by atoms with E-state index < -0.39 is 6.04 Å². The summed E-state index contributed by atoms with van der Waals surface area (Å²) in [6, 6.07) is 3.32. The number of fused-ring (bicyclic) bond motifs is 2. The van der Waals surface area contributed by atoms with Crippen molar-refractivity contribution >= 4 is 38.5 Å². The van der Waals surface area contributed by atoms with Crippen molar-refractivity contribution in [3.63, 3.8) is 0 Å². The molecule has 1 atom stereocenters. The molecule has 1 N–H and O–H groups in total. The number of nitrogens with zero attached hydrogens (tertiary/aromatic N) is 2. The van der Waals surface area contributed by atoms with Crippen molar-refractivity contribution in [3.05, 3.63) is 12.1 Å². The van der Waals surface area contributed by atoms with Crippen molar-refractivity contribution in [3.8, 4) is 11.5 Å². The van der Waals surface area contributed by atoms with Crippen molar-refractivity contribution in [1.82, 2.24) is 9.88 Å². The lowest BCUT2D eigenvalue weighted by atomic mass is 10.0. The molecule has 0 bridgehead atoms. The Morgan fingerprint density at radius 1 is 1.27 bits per heavy atom. The molecular formula is C18H21N3O4S. The lowest BCUT2D eigenvalue weighted by Crippen LogP contribution is -2.49. The molecule has 1 fully saturated rings. The quantitative estimate of drug-likeness (QED) is 0.892. The van der Waals surface area contributed by atoms with E-state index in [1.165, 1.54) is 11.3 Å². The molecule has 2 amide bonds. The van der Waals surface area contributed by atoms with Gasteiger partial charge in [0.05, 0.1) is 10.2 Å². The minimum absolute atomic E-state index is 0.0242. The van der Waals surface area contributed by atoms with Crippen molar-refractivity contribution < 1.29 is 19.1 Å². The summed E-state index contributed by atoms with van der Waals surface area (Å²) in [7, 11) is 0. The predicted octanol–water partition coefficient (Wildman–Crippen LogP) is 2.80. The fourth-order valence-electron chi connectivity index (χ4n) is 3.41. The van der Waals surface area contributed by atoms with Gasteiger partial charge in [-0.3, -0.25) is 9.59 Å². The summed E-state index contributed by atoms with van der Waals surface area (Å²) in [4.78, 5) is 31.1. The largest absolute Gasteiger partial charge is 0.486 e. The smallest absolute Gasteiger partial charge is 0.248 e. The molecule has 1 unspecified atom stereocenters. The molecule has 2 aromatic rings. The third-order valence-corrected chi connectivity index (χ3v) is 5.64. The zero-order valence-electron chi connectivity index (χ0n) is 14.6. The van der Waals surface area contributed by atoms with E-state index in [1.807, 2.05) is 19.1 Å². The van der Waals surface area contributed by atoms with Gasteiger partial charge in [0.25, 0.3) is 0 Å². The molecule has 1 aromatic carbocycles. The molecule has 138 valence electrons. The predicted molar refractivity (Wildman–Crippen MR) is 98.9 cm³/mol. The van der Waals surface area contributed by atoms with Gasteiger partial charge in [-0.2, -0.15) is 0 Å². The Morgan fingerprint density at radius 3 is 2.81 bits per heavy atom. The minimum Gasteiger partial charge on any atom is -0.486 e. The SMILES string of the molecule is CCC(=O)N1CCCCC1C(=O)Nc1nc2cc3c(cc2s1)OCCO3. The molecule has 2 aliphatic heterocycles. The van der Waals surface area contributed by atoms with Gasteiger partial charge in [-0.15, -0.1) is 0 Å². The third-order valence-electron chi connectivity index (χ3n) is 4.71. The first-order valence-electron chi connectivity index (χ1n) is 8.96. The second-order valence-corrected chi connectivity index (χ2v) is 7.45. The molecule has 2 aliphatic rings. The van der Waals surface area contributed by atoms with E-state index in [4.69, 9.17) is 9.47 Å². The van der Waals surface area contributed by atoms with Crippen molar-refractivity contribution in [2.45, 2.75) is 38.6 Å². The van der Waals surface area contributed by atoms with Gasteiger partial charge >= 0.3 is 0 Å². The number of hydrogen-bond donors (Lipinski definition) is 1. The maximum Gasteiger partial charge on any atom is 0.248 e. The van der Waals surface area contributed by atoms with Gasteiger partial charge in [0.15, 0.2) is 16.6 Å². The van der Waals surface area contributed by atoms with E-state index in [2.05, 4.69) is 10.3 Å². The normalized spacial score (nSPS) is 19.4. The number of rotatable bonds is 3. The van der Waals surface area contributed by atoms with E-state index >= 15 is 0 Å². The molecule has 0 spiro atoms. The molecule has 0 radical (unpaired) electrons. The maximum atomic E-state index is 12.7. The van der Waals surface area contributed by atoms with Gasteiger partial charge in [0.1, 0.15) is 19.3 Å². The summed E-state index contributed by atoms with van der Waals surface area (Å²) in [5.74, 6) is 1.25. The number of hydrogen-bond acceptors (Lipinski definition) is 6. The van der Waals surface area contributed by atoms with E-state index in [9.17, 15) is 9.59 Å². The molecule has 1 aromatic heterocycles. The van der Waals surface area contributed by atoms with E-state index in [1.54, 1.807) is 4.90 Å². The number of anilines is 1. The highest BCUT2D eigenvalue weighted by atomic mass is 32.1. The van der Waals surface area contributed by atoms with E-state index in [-0.39, 0.29) is 11.8 Å². The molecule has 7 nitrogen and oxygen atoms in total. The van der Waals surface area contributed by atoms with Crippen LogP contribution in [-0.2, 0) is 9.59 Å². The number of thiazole rings is 1. The first kappa shape index (κ1) is 17.1. The average Bonchev–Trinajstić information content (AvgIpc) is 3.06. The summed E-state index contributed by atoms with van der Waals surface area (Å²) in [6.07, 6.45) is 3.00. The Balaban J connectivity index is 1.54. The van der Waals surface area contributed by atoms with Crippen LogP contribution in [-0.4, -0.2) is 47.5 Å². The van der Waals surface area contributed by atoms with Crippen molar-refractivity contribution in [1.29, 1.82) is 0 Å². The van der Waals surface area contributed by atoms with Crippen LogP contribution < -0.4 is 14.8 Å². The van der Waals surface area contributed by atoms with Gasteiger partial charge in [0.2, 0.25) is 11.8 Å². The zero-order valence-corrected chi connectivity index (χ0v) is 15.4. The fourth-order valence-corrected chi connectivity index (χ4v) is 4.29. The third kappa shape index (κ3) is 3.21. The topological polar surface area (TPSA) is 80.8 Å². The summed E-state index contributed by atoms with van der Waals surface area (Å²) in [6.45, 7) is 3.52. The number of amides is 2. The van der Waals surface area contributed by atoms with Crippen LogP contribution in [0, 0.1) is 0 Å². The summed E-state index contributed by atoms with van der Waals surface area (Å²) in [5.41, 5.74) is 0.764. The first-order valence-corrected chi connectivity index (χ1v) is 9.78. The van der Waals surface area contributed by atoms with Crippen LogP contribution in [0.5, 0.6) is 11.5 Å². The molecule has 8 heteroatoms. The Morgan fingerprint density at radius 2 is 2.04 bits per heavy atom. The molecule has 1 saturated heterocycles. The Bertz CT molecular complexity index is 807. The Kier molecular flexibility index (Phi) is 4.67. The second kappa shape index (κ2) is 7.11. The molecule has 3 heterocycles. The summed E-state index contributed by atoms with van der Waals surface area (Å²) < 4.78 is 12.1. The highest BCUT2D eigenvalue weighted by Crippen LogP contribution is 2.38. The van der Waals surface area contributed by atoms with Crippen LogP contribution >= 0.6 is 11.3 Å². The molecule has 26 heavy (non-hydrogen) atoms. The van der Waals surface area contributed by atoms with Crippen molar-refractivity contribution in [2.75, 3.05) is 25.1 Å². The molecular weight excluding hydrogens is 354 g/mol. The fraction of sp³-hybridized carbons (Fsp3) is 0.500. The number of carbonyl (C=O) groups is 2. The number of aromatic nitrogens is 1. The van der Waals surface area contributed by atoms with Gasteiger partial charge in [-0.25, -0.2) is 4.98 Å². The van der Waals surface area contributed by atoms with Gasteiger partial charge in [-0.05, 0) is 19.3 Å². The lowest BCUT2D eigenvalue weighted by Gasteiger charge is -2.34. The number of nitrogens with one attached hydrogen (secondary N) is 1. The monoisotopic (exact) mass is 375 g/mol. The number of piperidine rings is 1. The number of likely N-dealkylation sites (tertiary alicyclic amines) is 1. The summed E-state index contributed by atoms with van der Waals surface area (Å²) >= 11 is 1.40.